The number of rotatable bonds is 6. The van der Waals surface area contributed by atoms with Crippen molar-refractivity contribution in [1.29, 1.82) is 0 Å². The summed E-state index contributed by atoms with van der Waals surface area (Å²) in [5, 5.41) is 15.7. The molecule has 1 aromatic rings. The fraction of sp³-hybridized carbons (Fsp3) is 0.462. The number of aromatic carboxylic acids is 1. The van der Waals surface area contributed by atoms with Crippen molar-refractivity contribution in [2.45, 2.75) is 33.2 Å². The average molecular weight is 313 g/mol. The van der Waals surface area contributed by atoms with Crippen molar-refractivity contribution in [3.8, 4) is 0 Å². The molecule has 0 saturated carbocycles. The molecule has 1 unspecified atom stereocenters. The molecule has 0 fully saturated rings. The summed E-state index contributed by atoms with van der Waals surface area (Å²) in [6.45, 7) is 5.51. The third-order valence-corrected chi connectivity index (χ3v) is 3.84. The Bertz CT molecular complexity index is 554. The fourth-order valence-corrected chi connectivity index (χ4v) is 2.69. The van der Waals surface area contributed by atoms with Gasteiger partial charge in [0.1, 0.15) is 10.9 Å². The third kappa shape index (κ3) is 4.75. The maximum Gasteiger partial charge on any atom is 0.348 e. The van der Waals surface area contributed by atoms with E-state index in [1.807, 2.05) is 13.8 Å². The summed E-state index contributed by atoms with van der Waals surface area (Å²) >= 11 is 1.04. The molecule has 3 amide bonds. The van der Waals surface area contributed by atoms with E-state index in [0.29, 0.717) is 12.0 Å². The summed E-state index contributed by atoms with van der Waals surface area (Å²) in [4.78, 5) is 34.4. The van der Waals surface area contributed by atoms with E-state index in [4.69, 9.17) is 10.8 Å². The number of anilines is 1. The number of urea groups is 1. The van der Waals surface area contributed by atoms with E-state index >= 15 is 0 Å². The first-order valence-electron chi connectivity index (χ1n) is 6.40. The Hall–Kier alpha value is -2.09. The van der Waals surface area contributed by atoms with E-state index in [1.54, 1.807) is 12.3 Å². The van der Waals surface area contributed by atoms with Crippen LogP contribution in [0, 0.1) is 12.8 Å². The summed E-state index contributed by atoms with van der Waals surface area (Å²) < 4.78 is 0. The molecule has 7 nitrogen and oxygen atoms in total. The molecular weight excluding hydrogens is 294 g/mol. The van der Waals surface area contributed by atoms with Crippen molar-refractivity contribution in [1.82, 2.24) is 5.32 Å². The summed E-state index contributed by atoms with van der Waals surface area (Å²) in [5.74, 6) is -1.42. The molecule has 0 aliphatic heterocycles. The number of hydrogen-bond acceptors (Lipinski definition) is 4. The van der Waals surface area contributed by atoms with Crippen molar-refractivity contribution in [2.24, 2.45) is 11.7 Å². The summed E-state index contributed by atoms with van der Waals surface area (Å²) in [6.07, 6.45) is 0.403. The molecule has 1 rings (SSSR count). The molecule has 0 aliphatic carbocycles. The first-order valence-corrected chi connectivity index (χ1v) is 7.28. The van der Waals surface area contributed by atoms with E-state index in [-0.39, 0.29) is 16.5 Å². The van der Waals surface area contributed by atoms with E-state index in [9.17, 15) is 14.4 Å². The minimum Gasteiger partial charge on any atom is -0.477 e. The summed E-state index contributed by atoms with van der Waals surface area (Å²) in [5.41, 5.74) is 5.99. The molecule has 21 heavy (non-hydrogen) atoms. The van der Waals surface area contributed by atoms with Crippen molar-refractivity contribution in [3.63, 3.8) is 0 Å². The van der Waals surface area contributed by atoms with Crippen molar-refractivity contribution in [3.05, 3.63) is 15.8 Å². The Labute approximate surface area is 126 Å². The molecule has 5 N–H and O–H groups in total. The molecule has 1 heterocycles. The lowest BCUT2D eigenvalue weighted by Crippen LogP contribution is -2.46. The monoisotopic (exact) mass is 313 g/mol. The van der Waals surface area contributed by atoms with Gasteiger partial charge < -0.3 is 21.5 Å². The van der Waals surface area contributed by atoms with Gasteiger partial charge in [0.15, 0.2) is 0 Å². The highest BCUT2D eigenvalue weighted by molar-refractivity contribution is 7.12. The van der Waals surface area contributed by atoms with Gasteiger partial charge in [0, 0.05) is 0 Å². The van der Waals surface area contributed by atoms with Gasteiger partial charge in [0.05, 0.1) is 5.69 Å². The van der Waals surface area contributed by atoms with Crippen LogP contribution in [0.4, 0.5) is 10.5 Å². The number of nitrogens with one attached hydrogen (secondary N) is 2. The van der Waals surface area contributed by atoms with Crippen LogP contribution in [-0.4, -0.2) is 29.1 Å². The van der Waals surface area contributed by atoms with Gasteiger partial charge in [0.2, 0.25) is 5.91 Å². The second-order valence-corrected chi connectivity index (χ2v) is 5.99. The second kappa shape index (κ2) is 7.07. The van der Waals surface area contributed by atoms with Crippen LogP contribution < -0.4 is 16.4 Å². The highest BCUT2D eigenvalue weighted by Crippen LogP contribution is 2.27. The number of nitrogens with two attached hydrogens (primary N) is 1. The molecule has 0 radical (unpaired) electrons. The Kier molecular flexibility index (Phi) is 5.71. The maximum atomic E-state index is 12.2. The number of carboxylic acids is 1. The number of amides is 3. The Morgan fingerprint density at radius 2 is 2.00 bits per heavy atom. The van der Waals surface area contributed by atoms with Gasteiger partial charge in [-0.25, -0.2) is 9.59 Å². The number of hydrogen-bond donors (Lipinski definition) is 4. The molecule has 1 atom stereocenters. The zero-order chi connectivity index (χ0) is 16.2. The largest absolute Gasteiger partial charge is 0.477 e. The van der Waals surface area contributed by atoms with E-state index in [1.165, 1.54) is 0 Å². The molecule has 0 spiro atoms. The highest BCUT2D eigenvalue weighted by Gasteiger charge is 2.24. The average Bonchev–Trinajstić information content (AvgIpc) is 2.69. The van der Waals surface area contributed by atoms with Gasteiger partial charge in [-0.15, -0.1) is 11.3 Å². The lowest BCUT2D eigenvalue weighted by molar-refractivity contribution is -0.118. The van der Waals surface area contributed by atoms with Crippen molar-refractivity contribution >= 4 is 34.9 Å². The molecule has 116 valence electrons. The molecular formula is C13H19N3O4S. The molecule has 0 bridgehead atoms. The quantitative estimate of drug-likeness (QED) is 0.639. The Balaban J connectivity index is 2.93. The van der Waals surface area contributed by atoms with Gasteiger partial charge in [-0.2, -0.15) is 0 Å². The van der Waals surface area contributed by atoms with Gasteiger partial charge in [-0.1, -0.05) is 13.8 Å². The summed E-state index contributed by atoms with van der Waals surface area (Å²) in [6, 6.07) is -1.60. The van der Waals surface area contributed by atoms with Crippen LogP contribution in [0.5, 0.6) is 0 Å². The number of thiophene rings is 1. The van der Waals surface area contributed by atoms with Gasteiger partial charge in [-0.05, 0) is 30.2 Å². The zero-order valence-corrected chi connectivity index (χ0v) is 12.9. The Morgan fingerprint density at radius 3 is 2.48 bits per heavy atom. The SMILES string of the molecule is Cc1csc(C(=O)O)c1NC(=O)C(CC(C)C)NC(N)=O. The van der Waals surface area contributed by atoms with E-state index in [2.05, 4.69) is 10.6 Å². The van der Waals surface area contributed by atoms with Crippen LogP contribution in [-0.2, 0) is 4.79 Å². The number of aryl methyl sites for hydroxylation is 1. The topological polar surface area (TPSA) is 122 Å². The van der Waals surface area contributed by atoms with Crippen LogP contribution >= 0.6 is 11.3 Å². The molecule has 0 saturated heterocycles. The summed E-state index contributed by atoms with van der Waals surface area (Å²) in [7, 11) is 0. The van der Waals surface area contributed by atoms with Crippen molar-refractivity contribution in [2.75, 3.05) is 5.32 Å². The number of carbonyl (C=O) groups is 3. The van der Waals surface area contributed by atoms with Crippen molar-refractivity contribution < 1.29 is 19.5 Å². The smallest absolute Gasteiger partial charge is 0.348 e. The predicted molar refractivity (Wildman–Crippen MR) is 80.6 cm³/mol. The maximum absolute atomic E-state index is 12.2. The van der Waals surface area contributed by atoms with Gasteiger partial charge >= 0.3 is 12.0 Å². The van der Waals surface area contributed by atoms with E-state index < -0.39 is 23.9 Å². The third-order valence-electron chi connectivity index (χ3n) is 2.76. The lowest BCUT2D eigenvalue weighted by atomic mass is 10.0. The van der Waals surface area contributed by atoms with Crippen LogP contribution in [0.3, 0.4) is 0 Å². The van der Waals surface area contributed by atoms with Crippen LogP contribution in [0.2, 0.25) is 0 Å². The second-order valence-electron chi connectivity index (χ2n) is 5.11. The molecule has 0 aliphatic rings. The van der Waals surface area contributed by atoms with E-state index in [0.717, 1.165) is 11.3 Å². The van der Waals surface area contributed by atoms with Gasteiger partial charge in [0.25, 0.3) is 0 Å². The lowest BCUT2D eigenvalue weighted by Gasteiger charge is -2.19. The first-order chi connectivity index (χ1) is 9.72. The molecule has 0 aromatic carbocycles. The molecule has 8 heteroatoms. The fourth-order valence-electron chi connectivity index (χ4n) is 1.84. The molecule has 1 aromatic heterocycles. The minimum absolute atomic E-state index is 0.0585. The Morgan fingerprint density at radius 1 is 1.38 bits per heavy atom. The standard InChI is InChI=1S/C13H19N3O4S/c1-6(2)4-8(15-13(14)20)11(17)16-9-7(3)5-21-10(9)12(18)19/h5-6,8H,4H2,1-3H3,(H,16,17)(H,18,19)(H3,14,15,20). The van der Waals surface area contributed by atoms with Crippen LogP contribution in [0.25, 0.3) is 0 Å². The number of carbonyl (C=O) groups excluding carboxylic acids is 2. The van der Waals surface area contributed by atoms with Crippen LogP contribution in [0.15, 0.2) is 5.38 Å². The minimum atomic E-state index is -1.10. The highest BCUT2D eigenvalue weighted by atomic mass is 32.1. The normalized spacial score (nSPS) is 12.0. The first kappa shape index (κ1) is 17.0. The van der Waals surface area contributed by atoms with Crippen LogP contribution in [0.1, 0.15) is 35.5 Å². The predicted octanol–water partition coefficient (Wildman–Crippen LogP) is 1.78. The number of primary amides is 1. The zero-order valence-electron chi connectivity index (χ0n) is 12.1. The number of carboxylic acid groups (broad SMARTS) is 1. The van der Waals surface area contributed by atoms with Gasteiger partial charge in [-0.3, -0.25) is 4.79 Å².